The van der Waals surface area contributed by atoms with Crippen LogP contribution in [0, 0.1) is 0 Å². The van der Waals surface area contributed by atoms with E-state index in [4.69, 9.17) is 14.0 Å². The fraction of sp³-hybridized carbons (Fsp3) is 0.720. The summed E-state index contributed by atoms with van der Waals surface area (Å²) in [4.78, 5) is 12.5. The van der Waals surface area contributed by atoms with Crippen LogP contribution in [-0.2, 0) is 24.5 Å². The maximum Gasteiger partial charge on any atom is 0.318 e. The molecule has 0 amide bonds. The van der Waals surface area contributed by atoms with Gasteiger partial charge in [0.2, 0.25) is 0 Å². The Kier molecular flexibility index (Phi) is 11.4. The van der Waals surface area contributed by atoms with E-state index in [-0.39, 0.29) is 29.3 Å². The van der Waals surface area contributed by atoms with E-state index in [1.54, 1.807) is 0 Å². The molecule has 1 aromatic rings. The van der Waals surface area contributed by atoms with E-state index in [2.05, 4.69) is 60.6 Å². The smallest absolute Gasteiger partial charge is 0.318 e. The highest BCUT2D eigenvalue weighted by Gasteiger charge is 2.29. The molecule has 1 atom stereocenters. The molecule has 1 rings (SSSR count). The molecule has 0 heterocycles. The Balaban J connectivity index is 3.08. The molecule has 5 nitrogen and oxygen atoms in total. The van der Waals surface area contributed by atoms with Crippen LogP contribution in [0.25, 0.3) is 0 Å². The SMILES string of the molecule is CCCCC(CC(=O)OSCCOCCO)c1cc(C(C)(C)C)c(O)c(C(C)(C)C)c1. The number of phenols is 1. The normalized spacial score (nSPS) is 13.3. The van der Waals surface area contributed by atoms with Gasteiger partial charge in [0.1, 0.15) is 5.75 Å². The van der Waals surface area contributed by atoms with Crippen LogP contribution in [0.1, 0.15) is 96.8 Å². The van der Waals surface area contributed by atoms with Gasteiger partial charge in [-0.05, 0) is 39.9 Å². The summed E-state index contributed by atoms with van der Waals surface area (Å²) in [6, 6.07) is 4.15. The molecule has 2 N–H and O–H groups in total. The second kappa shape index (κ2) is 12.7. The third kappa shape index (κ3) is 9.42. The number of unbranched alkanes of at least 4 members (excludes halogenated alkanes) is 1. The number of hydrogen-bond donors (Lipinski definition) is 2. The summed E-state index contributed by atoms with van der Waals surface area (Å²) in [5, 5.41) is 19.7. The number of hydrogen-bond acceptors (Lipinski definition) is 6. The number of benzene rings is 1. The average molecular weight is 455 g/mol. The van der Waals surface area contributed by atoms with Crippen LogP contribution in [0.4, 0.5) is 0 Å². The number of carbonyl (C=O) groups is 1. The minimum atomic E-state index is -0.240. The summed E-state index contributed by atoms with van der Waals surface area (Å²) >= 11 is 1.09. The van der Waals surface area contributed by atoms with E-state index in [1.807, 2.05) is 0 Å². The third-order valence-corrected chi connectivity index (χ3v) is 5.87. The number of aliphatic hydroxyl groups is 1. The lowest BCUT2D eigenvalue weighted by atomic mass is 9.76. The number of rotatable bonds is 12. The highest BCUT2D eigenvalue weighted by Crippen LogP contribution is 2.42. The molecule has 1 unspecified atom stereocenters. The first kappa shape index (κ1) is 27.8. The van der Waals surface area contributed by atoms with Gasteiger partial charge in [0, 0.05) is 0 Å². The maximum atomic E-state index is 12.5. The van der Waals surface area contributed by atoms with Crippen molar-refractivity contribution in [3.63, 3.8) is 0 Å². The van der Waals surface area contributed by atoms with Gasteiger partial charge in [0.15, 0.2) is 0 Å². The molecule has 0 aromatic heterocycles. The molecule has 0 saturated carbocycles. The molecule has 178 valence electrons. The summed E-state index contributed by atoms with van der Waals surface area (Å²) in [5.74, 6) is 0.698. The van der Waals surface area contributed by atoms with Crippen LogP contribution in [0.2, 0.25) is 0 Å². The molecule has 0 aliphatic rings. The first-order chi connectivity index (χ1) is 14.4. The zero-order chi connectivity index (χ0) is 23.7. The molecule has 0 spiro atoms. The first-order valence-corrected chi connectivity index (χ1v) is 12.2. The summed E-state index contributed by atoms with van der Waals surface area (Å²) in [5.41, 5.74) is 2.51. The largest absolute Gasteiger partial charge is 0.507 e. The van der Waals surface area contributed by atoms with Gasteiger partial charge >= 0.3 is 5.97 Å². The number of carbonyl (C=O) groups excluding carboxylic acids is 1. The number of phenolic OH excluding ortho intramolecular Hbond substituents is 1. The van der Waals surface area contributed by atoms with Gasteiger partial charge in [0.05, 0.1) is 44.0 Å². The lowest BCUT2D eigenvalue weighted by Gasteiger charge is -2.30. The maximum absolute atomic E-state index is 12.5. The number of aromatic hydroxyl groups is 1. The minimum Gasteiger partial charge on any atom is -0.507 e. The van der Waals surface area contributed by atoms with Crippen molar-refractivity contribution in [3.05, 3.63) is 28.8 Å². The fourth-order valence-corrected chi connectivity index (χ4v) is 3.94. The fourth-order valence-electron chi connectivity index (χ4n) is 3.48. The van der Waals surface area contributed by atoms with Crippen molar-refractivity contribution >= 4 is 18.0 Å². The average Bonchev–Trinajstić information content (AvgIpc) is 2.66. The Labute approximate surface area is 193 Å². The van der Waals surface area contributed by atoms with Crippen molar-refractivity contribution in [3.8, 4) is 5.75 Å². The number of aliphatic hydroxyl groups excluding tert-OH is 1. The second-order valence-electron chi connectivity index (χ2n) is 10.1. The van der Waals surface area contributed by atoms with Gasteiger partial charge in [-0.3, -0.25) is 4.79 Å². The summed E-state index contributed by atoms with van der Waals surface area (Å²) in [6.07, 6.45) is 3.28. The van der Waals surface area contributed by atoms with Crippen LogP contribution in [-0.4, -0.2) is 41.8 Å². The van der Waals surface area contributed by atoms with Crippen LogP contribution in [0.5, 0.6) is 5.75 Å². The van der Waals surface area contributed by atoms with E-state index in [0.29, 0.717) is 31.1 Å². The Bertz CT molecular complexity index is 653. The number of ether oxygens (including phenoxy) is 1. The van der Waals surface area contributed by atoms with Crippen LogP contribution in [0.3, 0.4) is 0 Å². The molecule has 0 radical (unpaired) electrons. The standard InChI is InChI=1S/C25H42O5S/c1-8-9-10-18(17-22(27)30-31-14-13-29-12-11-26)19-15-20(24(2,3)4)23(28)21(16-19)25(5,6)7/h15-16,18,26,28H,8-14,17H2,1-7H3. The quantitative estimate of drug-likeness (QED) is 0.305. The zero-order valence-corrected chi connectivity index (χ0v) is 21.2. The van der Waals surface area contributed by atoms with E-state index < -0.39 is 0 Å². The second-order valence-corrected chi connectivity index (χ2v) is 10.9. The van der Waals surface area contributed by atoms with Crippen LogP contribution >= 0.6 is 12.0 Å². The van der Waals surface area contributed by atoms with Crippen LogP contribution < -0.4 is 0 Å². The lowest BCUT2D eigenvalue weighted by Crippen LogP contribution is -2.19. The molecule has 0 aliphatic heterocycles. The monoisotopic (exact) mass is 454 g/mol. The van der Waals surface area contributed by atoms with Crippen molar-refractivity contribution in [2.75, 3.05) is 25.6 Å². The topological polar surface area (TPSA) is 76.0 Å². The van der Waals surface area contributed by atoms with Gasteiger partial charge in [0.25, 0.3) is 0 Å². The molecule has 0 fully saturated rings. The molecule has 31 heavy (non-hydrogen) atoms. The van der Waals surface area contributed by atoms with Crippen molar-refractivity contribution < 1.29 is 23.9 Å². The Morgan fingerprint density at radius 2 is 1.65 bits per heavy atom. The van der Waals surface area contributed by atoms with Crippen molar-refractivity contribution in [1.82, 2.24) is 0 Å². The summed E-state index contributed by atoms with van der Waals surface area (Å²) < 4.78 is 10.5. The summed E-state index contributed by atoms with van der Waals surface area (Å²) in [6.45, 7) is 15.5. The van der Waals surface area contributed by atoms with Gasteiger partial charge in [-0.25, -0.2) is 0 Å². The van der Waals surface area contributed by atoms with Gasteiger partial charge < -0.3 is 19.1 Å². The molecular weight excluding hydrogens is 412 g/mol. The highest BCUT2D eigenvalue weighted by molar-refractivity contribution is 7.95. The zero-order valence-electron chi connectivity index (χ0n) is 20.4. The van der Waals surface area contributed by atoms with E-state index in [1.165, 1.54) is 0 Å². The van der Waals surface area contributed by atoms with Crippen LogP contribution in [0.15, 0.2) is 12.1 Å². The predicted octanol–water partition coefficient (Wildman–Crippen LogP) is 5.85. The summed E-state index contributed by atoms with van der Waals surface area (Å²) in [7, 11) is 0. The van der Waals surface area contributed by atoms with Gasteiger partial charge in [-0.2, -0.15) is 0 Å². The molecule has 0 saturated heterocycles. The highest BCUT2D eigenvalue weighted by atomic mass is 32.2. The molecular formula is C25H42O5S. The lowest BCUT2D eigenvalue weighted by molar-refractivity contribution is -0.133. The first-order valence-electron chi connectivity index (χ1n) is 11.3. The minimum absolute atomic E-state index is 0.0106. The predicted molar refractivity (Wildman–Crippen MR) is 129 cm³/mol. The van der Waals surface area contributed by atoms with Gasteiger partial charge in [-0.1, -0.05) is 73.4 Å². The van der Waals surface area contributed by atoms with E-state index in [0.717, 1.165) is 48.0 Å². The third-order valence-electron chi connectivity index (χ3n) is 5.24. The van der Waals surface area contributed by atoms with E-state index >= 15 is 0 Å². The Hall–Kier alpha value is -1.24. The van der Waals surface area contributed by atoms with Gasteiger partial charge in [-0.15, -0.1) is 0 Å². The molecule has 6 heteroatoms. The Morgan fingerprint density at radius 1 is 1.06 bits per heavy atom. The van der Waals surface area contributed by atoms with E-state index in [9.17, 15) is 9.90 Å². The van der Waals surface area contributed by atoms with Crippen molar-refractivity contribution in [2.45, 2.75) is 90.9 Å². The van der Waals surface area contributed by atoms with Crippen molar-refractivity contribution in [2.24, 2.45) is 0 Å². The van der Waals surface area contributed by atoms with Crippen molar-refractivity contribution in [1.29, 1.82) is 0 Å². The molecule has 0 bridgehead atoms. The Morgan fingerprint density at radius 3 is 2.13 bits per heavy atom. The molecule has 0 aliphatic carbocycles. The molecule has 1 aromatic carbocycles.